The quantitative estimate of drug-likeness (QED) is 0.667. The lowest BCUT2D eigenvalue weighted by atomic mass is 10.1. The lowest BCUT2D eigenvalue weighted by molar-refractivity contribution is 0.0696. The number of anilines is 1. The number of carboxylic acids is 1. The molecule has 0 bridgehead atoms. The summed E-state index contributed by atoms with van der Waals surface area (Å²) in [6.07, 6.45) is 0. The van der Waals surface area contributed by atoms with E-state index in [9.17, 15) is 9.59 Å². The van der Waals surface area contributed by atoms with Gasteiger partial charge in [0.05, 0.1) is 5.56 Å². The minimum atomic E-state index is -1.04. The molecule has 2 N–H and O–H groups in total. The minimum absolute atomic E-state index is 0.116. The number of hydrogen-bond acceptors (Lipinski definition) is 3. The van der Waals surface area contributed by atoms with Gasteiger partial charge in [-0.05, 0) is 79.6 Å². The van der Waals surface area contributed by atoms with Crippen LogP contribution in [0.15, 0.2) is 66.7 Å². The molecule has 0 aliphatic heterocycles. The molecule has 1 amide bonds. The first-order valence-corrected chi connectivity index (χ1v) is 8.42. The predicted molar refractivity (Wildman–Crippen MR) is 104 cm³/mol. The highest BCUT2D eigenvalue weighted by atomic mass is 16.5. The second-order valence-corrected chi connectivity index (χ2v) is 6.21. The van der Waals surface area contributed by atoms with Crippen molar-refractivity contribution in [2.24, 2.45) is 0 Å². The van der Waals surface area contributed by atoms with Crippen LogP contribution in [0, 0.1) is 13.8 Å². The molecule has 0 heterocycles. The molecule has 0 atom stereocenters. The second kappa shape index (κ2) is 7.74. The Balaban J connectivity index is 1.69. The van der Waals surface area contributed by atoms with Crippen LogP contribution in [-0.2, 0) is 0 Å². The fraction of sp³-hybridized carbons (Fsp3) is 0.0909. The molecule has 3 aromatic rings. The summed E-state index contributed by atoms with van der Waals surface area (Å²) in [7, 11) is 0. The monoisotopic (exact) mass is 361 g/mol. The van der Waals surface area contributed by atoms with Crippen LogP contribution in [0.25, 0.3) is 0 Å². The van der Waals surface area contributed by atoms with E-state index in [0.29, 0.717) is 17.0 Å². The molecular weight excluding hydrogens is 342 g/mol. The van der Waals surface area contributed by atoms with Gasteiger partial charge >= 0.3 is 5.97 Å². The largest absolute Gasteiger partial charge is 0.478 e. The molecule has 27 heavy (non-hydrogen) atoms. The van der Waals surface area contributed by atoms with E-state index < -0.39 is 5.97 Å². The molecule has 0 aromatic heterocycles. The summed E-state index contributed by atoms with van der Waals surface area (Å²) in [6, 6.07) is 18.7. The number of ether oxygens (including phenoxy) is 1. The van der Waals surface area contributed by atoms with Gasteiger partial charge in [-0.3, -0.25) is 4.79 Å². The first kappa shape index (κ1) is 18.2. The van der Waals surface area contributed by atoms with E-state index in [1.165, 1.54) is 17.7 Å². The predicted octanol–water partition coefficient (Wildman–Crippen LogP) is 5.05. The van der Waals surface area contributed by atoms with Crippen LogP contribution in [0.5, 0.6) is 11.5 Å². The maximum Gasteiger partial charge on any atom is 0.335 e. The smallest absolute Gasteiger partial charge is 0.335 e. The summed E-state index contributed by atoms with van der Waals surface area (Å²) in [5.74, 6) is -0.00215. The number of benzene rings is 3. The second-order valence-electron chi connectivity index (χ2n) is 6.21. The van der Waals surface area contributed by atoms with E-state index in [1.807, 2.05) is 32.0 Å². The van der Waals surface area contributed by atoms with Crippen molar-refractivity contribution in [1.29, 1.82) is 0 Å². The van der Waals surface area contributed by atoms with E-state index in [0.717, 1.165) is 11.3 Å². The first-order valence-electron chi connectivity index (χ1n) is 8.42. The van der Waals surface area contributed by atoms with Crippen LogP contribution in [0.4, 0.5) is 5.69 Å². The number of nitrogens with one attached hydrogen (secondary N) is 1. The lowest BCUT2D eigenvalue weighted by Gasteiger charge is -2.09. The third kappa shape index (κ3) is 4.52. The average Bonchev–Trinajstić information content (AvgIpc) is 2.65. The van der Waals surface area contributed by atoms with Gasteiger partial charge in [-0.15, -0.1) is 0 Å². The van der Waals surface area contributed by atoms with Crippen LogP contribution in [-0.4, -0.2) is 17.0 Å². The molecule has 0 unspecified atom stereocenters. The topological polar surface area (TPSA) is 75.6 Å². The Morgan fingerprint density at radius 3 is 2.19 bits per heavy atom. The summed E-state index contributed by atoms with van der Waals surface area (Å²) in [5.41, 5.74) is 3.33. The molecule has 0 spiro atoms. The standard InChI is InChI=1S/C22H19NO4/c1-14-6-9-20(12-15(14)2)27-19-10-7-16(8-11-19)21(24)23-18-5-3-4-17(13-18)22(25)26/h3-13H,1-2H3,(H,23,24)(H,25,26). The maximum absolute atomic E-state index is 12.3. The van der Waals surface area contributed by atoms with Gasteiger partial charge in [0.25, 0.3) is 5.91 Å². The number of hydrogen-bond donors (Lipinski definition) is 2. The molecule has 136 valence electrons. The zero-order chi connectivity index (χ0) is 19.4. The first-order chi connectivity index (χ1) is 12.9. The van der Waals surface area contributed by atoms with Crippen LogP contribution in [0.3, 0.4) is 0 Å². The van der Waals surface area contributed by atoms with Crippen molar-refractivity contribution in [3.8, 4) is 11.5 Å². The Bertz CT molecular complexity index is 993. The highest BCUT2D eigenvalue weighted by Gasteiger charge is 2.09. The molecule has 0 aliphatic carbocycles. The van der Waals surface area contributed by atoms with Crippen molar-refractivity contribution in [2.45, 2.75) is 13.8 Å². The number of aromatic carboxylic acids is 1. The molecular formula is C22H19NO4. The molecule has 0 radical (unpaired) electrons. The van der Waals surface area contributed by atoms with Gasteiger partial charge in [0.2, 0.25) is 0 Å². The van der Waals surface area contributed by atoms with Gasteiger partial charge in [-0.2, -0.15) is 0 Å². The normalized spacial score (nSPS) is 10.3. The Kier molecular flexibility index (Phi) is 5.22. The van der Waals surface area contributed by atoms with Crippen LogP contribution < -0.4 is 10.1 Å². The summed E-state index contributed by atoms with van der Waals surface area (Å²) in [4.78, 5) is 23.4. The number of carbonyl (C=O) groups excluding carboxylic acids is 1. The van der Waals surface area contributed by atoms with Crippen molar-refractivity contribution >= 4 is 17.6 Å². The van der Waals surface area contributed by atoms with Gasteiger partial charge in [0.1, 0.15) is 11.5 Å². The number of amides is 1. The van der Waals surface area contributed by atoms with Crippen LogP contribution in [0.2, 0.25) is 0 Å². The molecule has 5 heteroatoms. The Morgan fingerprint density at radius 2 is 1.52 bits per heavy atom. The Labute approximate surface area is 157 Å². The van der Waals surface area contributed by atoms with Gasteiger partial charge in [0.15, 0.2) is 0 Å². The van der Waals surface area contributed by atoms with Gasteiger partial charge in [-0.25, -0.2) is 4.79 Å². The van der Waals surface area contributed by atoms with E-state index in [-0.39, 0.29) is 11.5 Å². The lowest BCUT2D eigenvalue weighted by Crippen LogP contribution is -2.12. The van der Waals surface area contributed by atoms with Crippen molar-refractivity contribution in [1.82, 2.24) is 0 Å². The Hall–Kier alpha value is -3.60. The minimum Gasteiger partial charge on any atom is -0.478 e. The van der Waals surface area contributed by atoms with E-state index in [1.54, 1.807) is 36.4 Å². The molecule has 3 aromatic carbocycles. The van der Waals surface area contributed by atoms with Crippen molar-refractivity contribution in [2.75, 3.05) is 5.32 Å². The number of rotatable bonds is 5. The summed E-state index contributed by atoms with van der Waals surface area (Å²) in [5, 5.41) is 11.7. The van der Waals surface area contributed by atoms with Crippen molar-refractivity contribution in [3.63, 3.8) is 0 Å². The maximum atomic E-state index is 12.3. The zero-order valence-electron chi connectivity index (χ0n) is 15.0. The average molecular weight is 361 g/mol. The fourth-order valence-corrected chi connectivity index (χ4v) is 2.52. The number of aryl methyl sites for hydroxylation is 2. The highest BCUT2D eigenvalue weighted by Crippen LogP contribution is 2.24. The number of carbonyl (C=O) groups is 2. The molecule has 0 aliphatic rings. The third-order valence-electron chi connectivity index (χ3n) is 4.20. The molecule has 0 saturated carbocycles. The fourth-order valence-electron chi connectivity index (χ4n) is 2.52. The zero-order valence-corrected chi connectivity index (χ0v) is 15.0. The summed E-state index contributed by atoms with van der Waals surface area (Å²) >= 11 is 0. The number of carboxylic acid groups (broad SMARTS) is 1. The highest BCUT2D eigenvalue weighted by molar-refractivity contribution is 6.04. The van der Waals surface area contributed by atoms with Gasteiger partial charge in [-0.1, -0.05) is 12.1 Å². The molecule has 5 nitrogen and oxygen atoms in total. The molecule has 3 rings (SSSR count). The van der Waals surface area contributed by atoms with E-state index in [4.69, 9.17) is 9.84 Å². The SMILES string of the molecule is Cc1ccc(Oc2ccc(C(=O)Nc3cccc(C(=O)O)c3)cc2)cc1C. The molecule has 0 fully saturated rings. The van der Waals surface area contributed by atoms with Crippen LogP contribution >= 0.6 is 0 Å². The molecule has 0 saturated heterocycles. The van der Waals surface area contributed by atoms with E-state index >= 15 is 0 Å². The summed E-state index contributed by atoms with van der Waals surface area (Å²) in [6.45, 7) is 4.06. The van der Waals surface area contributed by atoms with Gasteiger partial charge < -0.3 is 15.2 Å². The van der Waals surface area contributed by atoms with Crippen molar-refractivity contribution < 1.29 is 19.4 Å². The van der Waals surface area contributed by atoms with Gasteiger partial charge in [0, 0.05) is 11.3 Å². The summed E-state index contributed by atoms with van der Waals surface area (Å²) < 4.78 is 5.81. The van der Waals surface area contributed by atoms with Crippen molar-refractivity contribution in [3.05, 3.63) is 89.0 Å². The van der Waals surface area contributed by atoms with E-state index in [2.05, 4.69) is 5.32 Å². The Morgan fingerprint density at radius 1 is 0.815 bits per heavy atom. The third-order valence-corrected chi connectivity index (χ3v) is 4.20. The van der Waals surface area contributed by atoms with Crippen LogP contribution in [0.1, 0.15) is 31.8 Å².